The maximum absolute atomic E-state index is 6.07. The van der Waals surface area contributed by atoms with Crippen LogP contribution in [0, 0.1) is 31.3 Å². The fraction of sp³-hybridized carbons (Fsp3) is 0.143. The van der Waals surface area contributed by atoms with Gasteiger partial charge in [-0.3, -0.25) is 0 Å². The van der Waals surface area contributed by atoms with E-state index in [0.717, 1.165) is 5.69 Å². The van der Waals surface area contributed by atoms with Gasteiger partial charge in [-0.2, -0.15) is 0 Å². The molecular weight excluding hydrogens is 477 g/mol. The Labute approximate surface area is 193 Å². The summed E-state index contributed by atoms with van der Waals surface area (Å²) in [5.74, 6) is 0. The van der Waals surface area contributed by atoms with E-state index in [-0.39, 0.29) is 0 Å². The summed E-state index contributed by atoms with van der Waals surface area (Å²) in [6.07, 6.45) is 0. The first-order valence-corrected chi connectivity index (χ1v) is 11.3. The zero-order chi connectivity index (χ0) is 21.4. The van der Waals surface area contributed by atoms with Gasteiger partial charge in [-0.05, 0) is 131 Å². The number of nitrogen functional groups attached to an aromatic ring is 1. The molecular formula is C28H26IN. The summed E-state index contributed by atoms with van der Waals surface area (Å²) in [6.45, 7) is 8.73. The molecule has 0 aliphatic carbocycles. The lowest BCUT2D eigenvalue weighted by atomic mass is 9.88. The lowest BCUT2D eigenvalue weighted by Crippen LogP contribution is -1.94. The number of nitrogens with two attached hydrogens (primary N) is 1. The van der Waals surface area contributed by atoms with Gasteiger partial charge in [0, 0.05) is 9.26 Å². The van der Waals surface area contributed by atoms with Crippen LogP contribution in [0.3, 0.4) is 0 Å². The van der Waals surface area contributed by atoms with Crippen molar-refractivity contribution in [2.75, 3.05) is 5.73 Å². The average molecular weight is 503 g/mol. The third-order valence-corrected chi connectivity index (χ3v) is 6.37. The standard InChI is InChI=1S/C28H26IN/c1-17-8-10-26(19(3)12-17)22-13-23(15-24(29)14-22)27-11-9-18(2)28(20(27)4)21-6-5-7-25(30)16-21/h5-16H,30H2,1-4H3. The van der Waals surface area contributed by atoms with E-state index in [1.165, 1.54) is 59.2 Å². The van der Waals surface area contributed by atoms with Crippen molar-refractivity contribution in [1.29, 1.82) is 0 Å². The summed E-state index contributed by atoms with van der Waals surface area (Å²) in [4.78, 5) is 0. The van der Waals surface area contributed by atoms with Gasteiger partial charge in [-0.1, -0.05) is 48.0 Å². The molecule has 150 valence electrons. The molecule has 0 aliphatic heterocycles. The van der Waals surface area contributed by atoms with E-state index >= 15 is 0 Å². The second-order valence-electron chi connectivity index (χ2n) is 8.10. The van der Waals surface area contributed by atoms with Crippen LogP contribution < -0.4 is 5.73 Å². The molecule has 0 bridgehead atoms. The van der Waals surface area contributed by atoms with Crippen LogP contribution in [0.2, 0.25) is 0 Å². The first-order valence-electron chi connectivity index (χ1n) is 10.2. The van der Waals surface area contributed by atoms with Crippen molar-refractivity contribution in [2.45, 2.75) is 27.7 Å². The molecule has 0 atom stereocenters. The van der Waals surface area contributed by atoms with E-state index in [1.807, 2.05) is 12.1 Å². The summed E-state index contributed by atoms with van der Waals surface area (Å²) in [7, 11) is 0. The summed E-state index contributed by atoms with van der Waals surface area (Å²) in [5, 5.41) is 0. The van der Waals surface area contributed by atoms with Gasteiger partial charge in [0.15, 0.2) is 0 Å². The van der Waals surface area contributed by atoms with Crippen molar-refractivity contribution in [2.24, 2.45) is 0 Å². The van der Waals surface area contributed by atoms with Crippen molar-refractivity contribution < 1.29 is 0 Å². The zero-order valence-electron chi connectivity index (χ0n) is 17.9. The third kappa shape index (κ3) is 4.01. The molecule has 0 unspecified atom stereocenters. The Kier molecular flexibility index (Phi) is 5.70. The van der Waals surface area contributed by atoms with Crippen molar-refractivity contribution in [3.8, 4) is 33.4 Å². The lowest BCUT2D eigenvalue weighted by Gasteiger charge is -2.17. The molecule has 0 fully saturated rings. The molecule has 0 aromatic heterocycles. The van der Waals surface area contributed by atoms with Gasteiger partial charge in [0.25, 0.3) is 0 Å². The second kappa shape index (κ2) is 8.27. The average Bonchev–Trinajstić information content (AvgIpc) is 2.67. The number of aryl methyl sites for hydroxylation is 3. The maximum Gasteiger partial charge on any atom is 0.0320 e. The van der Waals surface area contributed by atoms with E-state index in [1.54, 1.807) is 0 Å². The van der Waals surface area contributed by atoms with Gasteiger partial charge >= 0.3 is 0 Å². The van der Waals surface area contributed by atoms with Crippen molar-refractivity contribution in [1.82, 2.24) is 0 Å². The number of rotatable bonds is 3. The Balaban J connectivity index is 1.89. The minimum atomic E-state index is 0.795. The summed E-state index contributed by atoms with van der Waals surface area (Å²) < 4.78 is 1.24. The quantitative estimate of drug-likeness (QED) is 0.222. The molecule has 4 aromatic carbocycles. The number of anilines is 1. The molecule has 0 spiro atoms. The highest BCUT2D eigenvalue weighted by Gasteiger charge is 2.13. The highest BCUT2D eigenvalue weighted by molar-refractivity contribution is 14.1. The fourth-order valence-corrected chi connectivity index (χ4v) is 5.01. The summed E-state index contributed by atoms with van der Waals surface area (Å²) >= 11 is 2.43. The van der Waals surface area contributed by atoms with E-state index in [0.29, 0.717) is 0 Å². The molecule has 0 radical (unpaired) electrons. The minimum Gasteiger partial charge on any atom is -0.399 e. The SMILES string of the molecule is Cc1ccc(-c2cc(I)cc(-c3ccc(C)c(-c4cccc(N)c4)c3C)c2)c(C)c1. The van der Waals surface area contributed by atoms with Gasteiger partial charge in [-0.25, -0.2) is 0 Å². The number of halogens is 1. The van der Waals surface area contributed by atoms with Crippen LogP contribution in [0.25, 0.3) is 33.4 Å². The monoisotopic (exact) mass is 503 g/mol. The largest absolute Gasteiger partial charge is 0.399 e. The molecule has 0 saturated heterocycles. The first-order chi connectivity index (χ1) is 14.3. The van der Waals surface area contributed by atoms with Crippen LogP contribution in [0.15, 0.2) is 72.8 Å². The van der Waals surface area contributed by atoms with Crippen LogP contribution in [-0.2, 0) is 0 Å². The smallest absolute Gasteiger partial charge is 0.0320 e. The minimum absolute atomic E-state index is 0.795. The highest BCUT2D eigenvalue weighted by Crippen LogP contribution is 2.37. The van der Waals surface area contributed by atoms with Crippen LogP contribution in [0.1, 0.15) is 22.3 Å². The molecule has 1 nitrogen and oxygen atoms in total. The second-order valence-corrected chi connectivity index (χ2v) is 9.35. The Morgan fingerprint density at radius 3 is 2.03 bits per heavy atom. The number of hydrogen-bond acceptors (Lipinski definition) is 1. The Morgan fingerprint density at radius 2 is 1.33 bits per heavy atom. The predicted molar refractivity (Wildman–Crippen MR) is 139 cm³/mol. The van der Waals surface area contributed by atoms with Crippen molar-refractivity contribution in [3.63, 3.8) is 0 Å². The van der Waals surface area contributed by atoms with Crippen LogP contribution in [0.4, 0.5) is 5.69 Å². The van der Waals surface area contributed by atoms with Crippen molar-refractivity contribution >= 4 is 28.3 Å². The topological polar surface area (TPSA) is 26.0 Å². The fourth-order valence-electron chi connectivity index (χ4n) is 4.34. The first kappa shape index (κ1) is 20.7. The zero-order valence-corrected chi connectivity index (χ0v) is 20.0. The predicted octanol–water partition coefficient (Wildman–Crippen LogP) is 8.11. The van der Waals surface area contributed by atoms with Gasteiger partial charge in [0.05, 0.1) is 0 Å². The maximum atomic E-state index is 6.07. The van der Waals surface area contributed by atoms with Gasteiger partial charge in [0.1, 0.15) is 0 Å². The molecule has 0 saturated carbocycles. The van der Waals surface area contributed by atoms with Crippen LogP contribution in [0.5, 0.6) is 0 Å². The van der Waals surface area contributed by atoms with E-state index in [9.17, 15) is 0 Å². The Bertz CT molecular complexity index is 1250. The van der Waals surface area contributed by atoms with Gasteiger partial charge in [0.2, 0.25) is 0 Å². The molecule has 4 aromatic rings. The highest BCUT2D eigenvalue weighted by atomic mass is 127. The van der Waals surface area contributed by atoms with Crippen LogP contribution in [-0.4, -0.2) is 0 Å². The van der Waals surface area contributed by atoms with E-state index in [4.69, 9.17) is 5.73 Å². The molecule has 2 heteroatoms. The molecule has 0 heterocycles. The van der Waals surface area contributed by atoms with Gasteiger partial charge < -0.3 is 5.73 Å². The Morgan fingerprint density at radius 1 is 0.633 bits per heavy atom. The number of benzene rings is 4. The Hall–Kier alpha value is -2.59. The lowest BCUT2D eigenvalue weighted by molar-refractivity contribution is 1.37. The number of hydrogen-bond donors (Lipinski definition) is 1. The molecule has 30 heavy (non-hydrogen) atoms. The molecule has 4 rings (SSSR count). The van der Waals surface area contributed by atoms with E-state index < -0.39 is 0 Å². The molecule has 0 aliphatic rings. The van der Waals surface area contributed by atoms with Gasteiger partial charge in [-0.15, -0.1) is 0 Å². The molecule has 0 amide bonds. The summed E-state index contributed by atoms with van der Waals surface area (Å²) in [6, 6.07) is 26.2. The van der Waals surface area contributed by atoms with Crippen molar-refractivity contribution in [3.05, 3.63) is 98.6 Å². The van der Waals surface area contributed by atoms with E-state index in [2.05, 4.69) is 111 Å². The third-order valence-electron chi connectivity index (χ3n) is 5.75. The summed E-state index contributed by atoms with van der Waals surface area (Å²) in [5.41, 5.74) is 19.5. The normalized spacial score (nSPS) is 11.0. The molecule has 2 N–H and O–H groups in total. The van der Waals surface area contributed by atoms with Crippen LogP contribution >= 0.6 is 22.6 Å².